The second-order valence-electron chi connectivity index (χ2n) is 4.55. The fraction of sp³-hybridized carbons (Fsp3) is 0.462. The van der Waals surface area contributed by atoms with E-state index in [0.29, 0.717) is 6.54 Å². The number of halogens is 1. The summed E-state index contributed by atoms with van der Waals surface area (Å²) < 4.78 is 1.07. The third-order valence-corrected chi connectivity index (χ3v) is 3.94. The summed E-state index contributed by atoms with van der Waals surface area (Å²) in [4.78, 5) is 13.2. The number of carboxylic acids is 1. The molecule has 2 atom stereocenters. The highest BCUT2D eigenvalue weighted by Gasteiger charge is 2.30. The molecule has 92 valence electrons. The first-order valence-corrected chi connectivity index (χ1v) is 6.59. The number of likely N-dealkylation sites (tertiary alicyclic amines) is 1. The standard InChI is InChI=1S/C13H16BrNO2/c1-9(10-3-2-4-12(14)7-10)15-6-5-11(8-15)13(16)17/h2-4,7,9,11H,5-6,8H2,1H3,(H,16,17)/t9-,11+/m1/s1. The first-order chi connectivity index (χ1) is 8.08. The molecule has 0 spiro atoms. The summed E-state index contributed by atoms with van der Waals surface area (Å²) >= 11 is 3.46. The van der Waals surface area contributed by atoms with Gasteiger partial charge in [-0.3, -0.25) is 9.69 Å². The molecule has 1 N–H and O–H groups in total. The van der Waals surface area contributed by atoms with Crippen molar-refractivity contribution in [2.45, 2.75) is 19.4 Å². The number of rotatable bonds is 3. The molecule has 1 aliphatic heterocycles. The molecule has 1 heterocycles. The Morgan fingerprint density at radius 2 is 2.35 bits per heavy atom. The number of carboxylic acid groups (broad SMARTS) is 1. The molecule has 4 heteroatoms. The minimum absolute atomic E-state index is 0.204. The van der Waals surface area contributed by atoms with Gasteiger partial charge in [0.25, 0.3) is 0 Å². The number of hydrogen-bond donors (Lipinski definition) is 1. The van der Waals surface area contributed by atoms with E-state index in [1.165, 1.54) is 5.56 Å². The molecule has 0 aromatic heterocycles. The molecule has 0 saturated carbocycles. The first kappa shape index (κ1) is 12.6. The van der Waals surface area contributed by atoms with Crippen LogP contribution in [0.3, 0.4) is 0 Å². The van der Waals surface area contributed by atoms with Crippen molar-refractivity contribution in [1.82, 2.24) is 4.90 Å². The molecule has 0 bridgehead atoms. The molecule has 0 aliphatic carbocycles. The van der Waals surface area contributed by atoms with Crippen molar-refractivity contribution >= 4 is 21.9 Å². The van der Waals surface area contributed by atoms with Crippen LogP contribution >= 0.6 is 15.9 Å². The van der Waals surface area contributed by atoms with Crippen LogP contribution in [0.4, 0.5) is 0 Å². The van der Waals surface area contributed by atoms with Gasteiger partial charge in [0.05, 0.1) is 5.92 Å². The van der Waals surface area contributed by atoms with Crippen molar-refractivity contribution in [2.75, 3.05) is 13.1 Å². The average Bonchev–Trinajstić information content (AvgIpc) is 2.77. The van der Waals surface area contributed by atoms with Crippen LogP contribution in [0.15, 0.2) is 28.7 Å². The second-order valence-corrected chi connectivity index (χ2v) is 5.47. The molecule has 2 rings (SSSR count). The monoisotopic (exact) mass is 297 g/mol. The Labute approximate surface area is 110 Å². The maximum Gasteiger partial charge on any atom is 0.307 e. The number of carbonyl (C=O) groups is 1. The van der Waals surface area contributed by atoms with Crippen molar-refractivity contribution in [3.63, 3.8) is 0 Å². The summed E-state index contributed by atoms with van der Waals surface area (Å²) in [5, 5.41) is 8.99. The van der Waals surface area contributed by atoms with Crippen LogP contribution in [0.5, 0.6) is 0 Å². The molecular formula is C13H16BrNO2. The van der Waals surface area contributed by atoms with E-state index in [-0.39, 0.29) is 12.0 Å². The van der Waals surface area contributed by atoms with E-state index in [1.54, 1.807) is 0 Å². The van der Waals surface area contributed by atoms with Gasteiger partial charge in [-0.1, -0.05) is 28.1 Å². The van der Waals surface area contributed by atoms with Crippen LogP contribution in [0.1, 0.15) is 24.9 Å². The zero-order valence-corrected chi connectivity index (χ0v) is 11.4. The molecule has 0 radical (unpaired) electrons. The Hall–Kier alpha value is -0.870. The van der Waals surface area contributed by atoms with Crippen LogP contribution in [0.2, 0.25) is 0 Å². The fourth-order valence-electron chi connectivity index (χ4n) is 2.32. The summed E-state index contributed by atoms with van der Waals surface area (Å²) in [6, 6.07) is 8.47. The molecule has 17 heavy (non-hydrogen) atoms. The largest absolute Gasteiger partial charge is 0.481 e. The van der Waals surface area contributed by atoms with Crippen molar-refractivity contribution < 1.29 is 9.90 Å². The normalized spacial score (nSPS) is 22.6. The Morgan fingerprint density at radius 3 is 2.94 bits per heavy atom. The van der Waals surface area contributed by atoms with Gasteiger partial charge in [0, 0.05) is 17.1 Å². The molecule has 0 amide bonds. The highest BCUT2D eigenvalue weighted by Crippen LogP contribution is 2.28. The Bertz CT molecular complexity index is 422. The molecule has 1 aromatic carbocycles. The van der Waals surface area contributed by atoms with Gasteiger partial charge in [-0.25, -0.2) is 0 Å². The maximum absolute atomic E-state index is 10.9. The van der Waals surface area contributed by atoms with E-state index in [4.69, 9.17) is 5.11 Å². The van der Waals surface area contributed by atoms with Crippen molar-refractivity contribution in [3.8, 4) is 0 Å². The summed E-state index contributed by atoms with van der Waals surface area (Å²) in [5.41, 5.74) is 1.23. The molecule has 0 unspecified atom stereocenters. The van der Waals surface area contributed by atoms with Gasteiger partial charge in [-0.05, 0) is 37.6 Å². The lowest BCUT2D eigenvalue weighted by Gasteiger charge is -2.24. The molecular weight excluding hydrogens is 282 g/mol. The summed E-state index contributed by atoms with van der Waals surface area (Å²) in [5.74, 6) is -0.876. The van der Waals surface area contributed by atoms with Gasteiger partial charge < -0.3 is 5.11 Å². The molecule has 1 aliphatic rings. The maximum atomic E-state index is 10.9. The van der Waals surface area contributed by atoms with Gasteiger partial charge in [0.15, 0.2) is 0 Å². The highest BCUT2D eigenvalue weighted by atomic mass is 79.9. The van der Waals surface area contributed by atoms with Crippen molar-refractivity contribution in [2.24, 2.45) is 5.92 Å². The van der Waals surface area contributed by atoms with Crippen molar-refractivity contribution in [3.05, 3.63) is 34.3 Å². The number of nitrogens with zero attached hydrogens (tertiary/aromatic N) is 1. The Balaban J connectivity index is 2.06. The first-order valence-electron chi connectivity index (χ1n) is 5.80. The molecule has 3 nitrogen and oxygen atoms in total. The lowest BCUT2D eigenvalue weighted by molar-refractivity contribution is -0.141. The predicted octanol–water partition coefficient (Wildman–Crippen LogP) is 2.92. The topological polar surface area (TPSA) is 40.5 Å². The minimum atomic E-state index is -0.672. The van der Waals surface area contributed by atoms with Gasteiger partial charge >= 0.3 is 5.97 Å². The zero-order valence-electron chi connectivity index (χ0n) is 9.77. The Morgan fingerprint density at radius 1 is 1.59 bits per heavy atom. The minimum Gasteiger partial charge on any atom is -0.481 e. The van der Waals surface area contributed by atoms with Crippen LogP contribution in [0.25, 0.3) is 0 Å². The van der Waals surface area contributed by atoms with E-state index in [9.17, 15) is 4.79 Å². The summed E-state index contributed by atoms with van der Waals surface area (Å²) in [6.07, 6.45) is 0.758. The average molecular weight is 298 g/mol. The van der Waals surface area contributed by atoms with Gasteiger partial charge in [-0.15, -0.1) is 0 Å². The predicted molar refractivity (Wildman–Crippen MR) is 69.9 cm³/mol. The van der Waals surface area contributed by atoms with Crippen LogP contribution in [-0.2, 0) is 4.79 Å². The number of aliphatic carboxylic acids is 1. The fourth-order valence-corrected chi connectivity index (χ4v) is 2.73. The third kappa shape index (κ3) is 2.87. The molecule has 1 fully saturated rings. The van der Waals surface area contributed by atoms with Gasteiger partial charge in [0.1, 0.15) is 0 Å². The van der Waals surface area contributed by atoms with Crippen LogP contribution in [-0.4, -0.2) is 29.1 Å². The van der Waals surface area contributed by atoms with Crippen LogP contribution < -0.4 is 0 Å². The summed E-state index contributed by atoms with van der Waals surface area (Å²) in [7, 11) is 0. The second kappa shape index (κ2) is 5.19. The lowest BCUT2D eigenvalue weighted by atomic mass is 10.1. The van der Waals surface area contributed by atoms with E-state index >= 15 is 0 Å². The Kier molecular flexibility index (Phi) is 3.84. The quantitative estimate of drug-likeness (QED) is 0.932. The lowest BCUT2D eigenvalue weighted by Crippen LogP contribution is -2.26. The number of benzene rings is 1. The van der Waals surface area contributed by atoms with E-state index in [0.717, 1.165) is 17.4 Å². The molecule has 1 saturated heterocycles. The van der Waals surface area contributed by atoms with E-state index in [2.05, 4.69) is 39.9 Å². The third-order valence-electron chi connectivity index (χ3n) is 3.45. The smallest absolute Gasteiger partial charge is 0.307 e. The zero-order chi connectivity index (χ0) is 12.4. The summed E-state index contributed by atoms with van der Waals surface area (Å²) in [6.45, 7) is 3.65. The van der Waals surface area contributed by atoms with Gasteiger partial charge in [0.2, 0.25) is 0 Å². The van der Waals surface area contributed by atoms with Gasteiger partial charge in [-0.2, -0.15) is 0 Å². The number of hydrogen-bond acceptors (Lipinski definition) is 2. The van der Waals surface area contributed by atoms with Crippen molar-refractivity contribution in [1.29, 1.82) is 0 Å². The molecule has 1 aromatic rings. The SMILES string of the molecule is C[C@H](c1cccc(Br)c1)N1CC[C@H](C(=O)O)C1. The van der Waals surface area contributed by atoms with E-state index in [1.807, 2.05) is 12.1 Å². The van der Waals surface area contributed by atoms with E-state index < -0.39 is 5.97 Å². The highest BCUT2D eigenvalue weighted by molar-refractivity contribution is 9.10. The van der Waals surface area contributed by atoms with Crippen LogP contribution in [0, 0.1) is 5.92 Å².